The van der Waals surface area contributed by atoms with Crippen molar-refractivity contribution in [2.45, 2.75) is 88.1 Å². The van der Waals surface area contributed by atoms with Gasteiger partial charge in [0.15, 0.2) is 0 Å². The Bertz CT molecular complexity index is 231. The summed E-state index contributed by atoms with van der Waals surface area (Å²) >= 11 is 2.06. The fourth-order valence-electron chi connectivity index (χ4n) is 3.66. The van der Waals surface area contributed by atoms with Gasteiger partial charge in [0.05, 0.1) is 0 Å². The van der Waals surface area contributed by atoms with Gasteiger partial charge in [-0.25, -0.2) is 0 Å². The molecule has 2 N–H and O–H groups in total. The quantitative estimate of drug-likeness (QED) is 0.807. The van der Waals surface area contributed by atoms with Crippen molar-refractivity contribution in [3.63, 3.8) is 0 Å². The molecule has 2 nitrogen and oxygen atoms in total. The third kappa shape index (κ3) is 5.65. The first-order chi connectivity index (χ1) is 9.28. The minimum atomic E-state index is 0.673. The lowest BCUT2D eigenvalue weighted by Crippen LogP contribution is -2.43. The van der Waals surface area contributed by atoms with E-state index in [0.717, 1.165) is 17.3 Å². The lowest BCUT2D eigenvalue weighted by atomic mass is 9.93. The highest BCUT2D eigenvalue weighted by molar-refractivity contribution is 7.99. The zero-order valence-corrected chi connectivity index (χ0v) is 13.6. The first-order valence-electron chi connectivity index (χ1n) is 8.30. The number of nitrogens with one attached hydrogen (secondary N) is 2. The van der Waals surface area contributed by atoms with Crippen LogP contribution >= 0.6 is 11.8 Å². The number of thioether (sulfide) groups is 1. The normalized spacial score (nSPS) is 34.7. The average Bonchev–Trinajstić information content (AvgIpc) is 2.68. The van der Waals surface area contributed by atoms with Gasteiger partial charge in [0.2, 0.25) is 0 Å². The highest BCUT2D eigenvalue weighted by atomic mass is 32.2. The van der Waals surface area contributed by atoms with Crippen LogP contribution in [0.5, 0.6) is 0 Å². The van der Waals surface area contributed by atoms with E-state index in [1.165, 1.54) is 64.3 Å². The van der Waals surface area contributed by atoms with E-state index in [9.17, 15) is 0 Å². The topological polar surface area (TPSA) is 24.1 Å². The maximum atomic E-state index is 3.88. The predicted octanol–water partition coefficient (Wildman–Crippen LogP) is 3.56. The molecule has 3 heteroatoms. The van der Waals surface area contributed by atoms with Crippen LogP contribution in [0.4, 0.5) is 0 Å². The van der Waals surface area contributed by atoms with Gasteiger partial charge in [0, 0.05) is 23.4 Å². The van der Waals surface area contributed by atoms with Crippen LogP contribution in [-0.2, 0) is 0 Å². The molecule has 0 aromatic rings. The summed E-state index contributed by atoms with van der Waals surface area (Å²) in [7, 11) is 0. The Kier molecular flexibility index (Phi) is 7.03. The number of hydrogen-bond acceptors (Lipinski definition) is 3. The minimum Gasteiger partial charge on any atom is -0.314 e. The van der Waals surface area contributed by atoms with Gasteiger partial charge in [0.25, 0.3) is 0 Å². The Morgan fingerprint density at radius 1 is 1.11 bits per heavy atom. The van der Waals surface area contributed by atoms with Crippen molar-refractivity contribution >= 4 is 11.8 Å². The second-order valence-electron chi connectivity index (χ2n) is 6.51. The molecular formula is C16H32N2S. The largest absolute Gasteiger partial charge is 0.314 e. The third-order valence-electron chi connectivity index (χ3n) is 4.83. The Labute approximate surface area is 123 Å². The molecule has 0 amide bonds. The Balaban J connectivity index is 1.64. The highest BCUT2D eigenvalue weighted by Gasteiger charge is 2.22. The van der Waals surface area contributed by atoms with E-state index < -0.39 is 0 Å². The van der Waals surface area contributed by atoms with Gasteiger partial charge >= 0.3 is 0 Å². The zero-order valence-electron chi connectivity index (χ0n) is 12.8. The van der Waals surface area contributed by atoms with Crippen LogP contribution < -0.4 is 10.6 Å². The molecule has 1 aliphatic heterocycles. The number of rotatable bonds is 5. The molecule has 2 atom stereocenters. The predicted molar refractivity (Wildman–Crippen MR) is 87.0 cm³/mol. The van der Waals surface area contributed by atoms with E-state index in [2.05, 4.69) is 35.6 Å². The fourth-order valence-corrected chi connectivity index (χ4v) is 4.41. The van der Waals surface area contributed by atoms with Gasteiger partial charge in [-0.1, -0.05) is 12.8 Å². The molecule has 0 aromatic carbocycles. The van der Waals surface area contributed by atoms with Crippen molar-refractivity contribution < 1.29 is 0 Å². The zero-order chi connectivity index (χ0) is 13.5. The molecule has 112 valence electrons. The first kappa shape index (κ1) is 15.7. The van der Waals surface area contributed by atoms with Gasteiger partial charge in [-0.2, -0.15) is 11.8 Å². The summed E-state index contributed by atoms with van der Waals surface area (Å²) in [6.07, 6.45) is 14.7. The van der Waals surface area contributed by atoms with Gasteiger partial charge in [-0.15, -0.1) is 0 Å². The smallest absolute Gasteiger partial charge is 0.00817 e. The number of hydrogen-bond donors (Lipinski definition) is 2. The van der Waals surface area contributed by atoms with Crippen LogP contribution in [0.2, 0.25) is 0 Å². The van der Waals surface area contributed by atoms with Crippen molar-refractivity contribution in [3.05, 3.63) is 0 Å². The Morgan fingerprint density at radius 2 is 1.89 bits per heavy atom. The van der Waals surface area contributed by atoms with Gasteiger partial charge in [0.1, 0.15) is 0 Å². The van der Waals surface area contributed by atoms with E-state index in [4.69, 9.17) is 0 Å². The summed E-state index contributed by atoms with van der Waals surface area (Å²) in [6, 6.07) is 2.21. The van der Waals surface area contributed by atoms with Gasteiger partial charge in [-0.05, 0) is 64.7 Å². The molecule has 1 heterocycles. The second kappa shape index (κ2) is 8.53. The van der Waals surface area contributed by atoms with Crippen LogP contribution in [0.1, 0.15) is 64.7 Å². The third-order valence-corrected chi connectivity index (χ3v) is 5.97. The maximum absolute atomic E-state index is 3.88. The van der Waals surface area contributed by atoms with Crippen molar-refractivity contribution in [1.82, 2.24) is 10.6 Å². The molecule has 1 saturated carbocycles. The molecule has 1 aliphatic carbocycles. The fraction of sp³-hybridized carbons (Fsp3) is 1.00. The second-order valence-corrected chi connectivity index (χ2v) is 7.65. The summed E-state index contributed by atoms with van der Waals surface area (Å²) < 4.78 is 0. The molecular weight excluding hydrogens is 252 g/mol. The van der Waals surface area contributed by atoms with Crippen molar-refractivity contribution in [3.8, 4) is 0 Å². The molecule has 0 radical (unpaired) electrons. The molecule has 0 spiro atoms. The van der Waals surface area contributed by atoms with Crippen LogP contribution in [-0.4, -0.2) is 36.2 Å². The monoisotopic (exact) mass is 284 g/mol. The summed E-state index contributed by atoms with van der Waals surface area (Å²) in [6.45, 7) is 3.61. The molecule has 2 fully saturated rings. The van der Waals surface area contributed by atoms with E-state index in [-0.39, 0.29) is 0 Å². The first-order valence-corrected chi connectivity index (χ1v) is 9.59. The van der Waals surface area contributed by atoms with E-state index in [1.807, 2.05) is 0 Å². The molecule has 0 aromatic heterocycles. The maximum Gasteiger partial charge on any atom is 0.00817 e. The van der Waals surface area contributed by atoms with Crippen LogP contribution in [0.25, 0.3) is 0 Å². The SMILES string of the molecule is CSC1CCC(NC(C)CC2CCCCCN2)CC1. The van der Waals surface area contributed by atoms with E-state index in [1.54, 1.807) is 0 Å². The Morgan fingerprint density at radius 3 is 2.63 bits per heavy atom. The minimum absolute atomic E-state index is 0.673. The van der Waals surface area contributed by atoms with Gasteiger partial charge in [-0.3, -0.25) is 0 Å². The summed E-state index contributed by atoms with van der Waals surface area (Å²) in [4.78, 5) is 0. The van der Waals surface area contributed by atoms with Crippen molar-refractivity contribution in [1.29, 1.82) is 0 Å². The van der Waals surface area contributed by atoms with Crippen LogP contribution in [0.3, 0.4) is 0 Å². The molecule has 1 saturated heterocycles. The van der Waals surface area contributed by atoms with Gasteiger partial charge < -0.3 is 10.6 Å². The average molecular weight is 285 g/mol. The summed E-state index contributed by atoms with van der Waals surface area (Å²) in [5.74, 6) is 0. The lowest BCUT2D eigenvalue weighted by Gasteiger charge is -2.31. The lowest BCUT2D eigenvalue weighted by molar-refractivity contribution is 0.319. The van der Waals surface area contributed by atoms with Crippen LogP contribution in [0, 0.1) is 0 Å². The van der Waals surface area contributed by atoms with Crippen molar-refractivity contribution in [2.75, 3.05) is 12.8 Å². The van der Waals surface area contributed by atoms with Crippen LogP contribution in [0.15, 0.2) is 0 Å². The molecule has 2 unspecified atom stereocenters. The Hall–Kier alpha value is 0.270. The van der Waals surface area contributed by atoms with E-state index >= 15 is 0 Å². The molecule has 2 aliphatic rings. The standard InChI is InChI=1S/C16H32N2S/c1-13(12-15-6-4-3-5-11-17-15)18-14-7-9-16(19-2)10-8-14/h13-18H,3-12H2,1-2H3. The molecule has 0 bridgehead atoms. The summed E-state index contributed by atoms with van der Waals surface area (Å²) in [5.41, 5.74) is 0. The molecule has 2 rings (SSSR count). The summed E-state index contributed by atoms with van der Waals surface area (Å²) in [5, 5.41) is 8.53. The molecule has 19 heavy (non-hydrogen) atoms. The highest BCUT2D eigenvalue weighted by Crippen LogP contribution is 2.27. The van der Waals surface area contributed by atoms with E-state index in [0.29, 0.717) is 6.04 Å². The van der Waals surface area contributed by atoms with Crippen molar-refractivity contribution in [2.24, 2.45) is 0 Å².